The summed E-state index contributed by atoms with van der Waals surface area (Å²) in [6.07, 6.45) is 0.530. The third-order valence-electron chi connectivity index (χ3n) is 4.89. The van der Waals surface area contributed by atoms with Crippen LogP contribution in [0.5, 0.6) is 0 Å². The molecule has 0 rings (SSSR count). The summed E-state index contributed by atoms with van der Waals surface area (Å²) in [4.78, 5) is 71.1. The number of carbonyl (C=O) groups is 6. The van der Waals surface area contributed by atoms with Gasteiger partial charge >= 0.3 is 17.9 Å². The molecule has 0 aromatic heterocycles. The van der Waals surface area contributed by atoms with Crippen molar-refractivity contribution in [2.24, 2.45) is 17.2 Å². The van der Waals surface area contributed by atoms with Gasteiger partial charge in [0.2, 0.25) is 17.7 Å². The van der Waals surface area contributed by atoms with E-state index in [4.69, 9.17) is 32.5 Å². The molecule has 0 aromatic carbocycles. The number of nitrogens with two attached hydrogens (primary N) is 3. The zero-order chi connectivity index (χ0) is 27.0. The molecule has 15 heteroatoms. The fourth-order valence-corrected chi connectivity index (χ4v) is 2.98. The molecule has 0 aliphatic rings. The van der Waals surface area contributed by atoms with E-state index in [9.17, 15) is 28.8 Å². The Hall–Kier alpha value is -3.30. The molecule has 0 spiro atoms. The molecule has 0 aromatic rings. The first kappa shape index (κ1) is 31.7. The first-order chi connectivity index (χ1) is 16.4. The Balaban J connectivity index is 5.48. The maximum absolute atomic E-state index is 12.8. The average molecular weight is 505 g/mol. The van der Waals surface area contributed by atoms with E-state index in [1.54, 1.807) is 0 Å². The van der Waals surface area contributed by atoms with Crippen LogP contribution in [0.3, 0.4) is 0 Å². The van der Waals surface area contributed by atoms with Gasteiger partial charge in [0, 0.05) is 0 Å². The maximum Gasteiger partial charge on any atom is 0.326 e. The number of hydrogen-bond donors (Lipinski definition) is 9. The topological polar surface area (TPSA) is 277 Å². The van der Waals surface area contributed by atoms with Crippen LogP contribution in [-0.4, -0.2) is 88.2 Å². The molecule has 0 aliphatic heterocycles. The zero-order valence-corrected chi connectivity index (χ0v) is 19.4. The molecule has 3 amide bonds. The van der Waals surface area contributed by atoms with E-state index in [-0.39, 0.29) is 19.4 Å². The Kier molecular flexibility index (Phi) is 15.6. The van der Waals surface area contributed by atoms with Gasteiger partial charge in [-0.3, -0.25) is 24.0 Å². The van der Waals surface area contributed by atoms with Crippen LogP contribution in [0, 0.1) is 0 Å². The lowest BCUT2D eigenvalue weighted by Gasteiger charge is -2.24. The average Bonchev–Trinajstić information content (AvgIpc) is 2.76. The molecule has 0 fully saturated rings. The number of amides is 3. The molecule has 0 saturated carbocycles. The maximum atomic E-state index is 12.8. The highest BCUT2D eigenvalue weighted by atomic mass is 16.4. The predicted octanol–water partition coefficient (Wildman–Crippen LogP) is -2.94. The van der Waals surface area contributed by atoms with Gasteiger partial charge in [0.25, 0.3) is 0 Å². The van der Waals surface area contributed by atoms with E-state index in [2.05, 4.69) is 10.6 Å². The Morgan fingerprint density at radius 3 is 1.51 bits per heavy atom. The smallest absolute Gasteiger partial charge is 0.326 e. The summed E-state index contributed by atoms with van der Waals surface area (Å²) >= 11 is 0. The third-order valence-corrected chi connectivity index (χ3v) is 4.89. The quantitative estimate of drug-likeness (QED) is 0.0799. The number of rotatable bonds is 19. The molecule has 0 radical (unpaired) electrons. The number of carboxylic acids is 3. The molecule has 35 heavy (non-hydrogen) atoms. The second kappa shape index (κ2) is 17.2. The number of unbranched alkanes of at least 4 members (excludes halogenated alkanes) is 2. The van der Waals surface area contributed by atoms with E-state index in [1.165, 1.54) is 0 Å². The zero-order valence-electron chi connectivity index (χ0n) is 19.4. The third kappa shape index (κ3) is 13.9. The van der Waals surface area contributed by atoms with Crippen molar-refractivity contribution < 1.29 is 44.1 Å². The molecule has 0 saturated heterocycles. The Bertz CT molecular complexity index is 749. The summed E-state index contributed by atoms with van der Waals surface area (Å²) in [6.45, 7) is 0.681. The van der Waals surface area contributed by atoms with Gasteiger partial charge in [-0.15, -0.1) is 0 Å². The molecule has 4 atom stereocenters. The second-order valence-electron chi connectivity index (χ2n) is 7.89. The van der Waals surface area contributed by atoms with Crippen LogP contribution in [-0.2, 0) is 28.8 Å². The van der Waals surface area contributed by atoms with Gasteiger partial charge in [-0.1, -0.05) is 6.42 Å². The molecular formula is C20H36N6O9. The highest BCUT2D eigenvalue weighted by Crippen LogP contribution is 2.06. The lowest BCUT2D eigenvalue weighted by atomic mass is 10.1. The van der Waals surface area contributed by atoms with Gasteiger partial charge in [-0.05, 0) is 45.2 Å². The number of carboxylic acid groups (broad SMARTS) is 3. The highest BCUT2D eigenvalue weighted by Gasteiger charge is 2.31. The van der Waals surface area contributed by atoms with Crippen LogP contribution in [0.25, 0.3) is 0 Å². The van der Waals surface area contributed by atoms with Crippen LogP contribution in [0.15, 0.2) is 0 Å². The van der Waals surface area contributed by atoms with Crippen LogP contribution in [0.2, 0.25) is 0 Å². The number of aliphatic carboxylic acids is 3. The summed E-state index contributed by atoms with van der Waals surface area (Å²) < 4.78 is 0. The van der Waals surface area contributed by atoms with Crippen molar-refractivity contribution in [1.29, 1.82) is 0 Å². The fourth-order valence-electron chi connectivity index (χ4n) is 2.98. The predicted molar refractivity (Wildman–Crippen MR) is 122 cm³/mol. The van der Waals surface area contributed by atoms with Gasteiger partial charge in [-0.25, -0.2) is 4.79 Å². The van der Waals surface area contributed by atoms with Crippen LogP contribution >= 0.6 is 0 Å². The molecule has 200 valence electrons. The number of nitrogens with one attached hydrogen (secondary N) is 3. The summed E-state index contributed by atoms with van der Waals surface area (Å²) in [5, 5.41) is 33.8. The molecular weight excluding hydrogens is 468 g/mol. The van der Waals surface area contributed by atoms with Crippen molar-refractivity contribution in [2.45, 2.75) is 75.5 Å². The van der Waals surface area contributed by atoms with Crippen molar-refractivity contribution in [3.05, 3.63) is 0 Å². The minimum absolute atomic E-state index is 0.000520. The molecule has 4 unspecified atom stereocenters. The monoisotopic (exact) mass is 504 g/mol. The molecule has 15 nitrogen and oxygen atoms in total. The molecule has 0 aliphatic carbocycles. The normalized spacial score (nSPS) is 14.1. The van der Waals surface area contributed by atoms with Gasteiger partial charge in [-0.2, -0.15) is 0 Å². The van der Waals surface area contributed by atoms with Crippen LogP contribution in [0.4, 0.5) is 0 Å². The van der Waals surface area contributed by atoms with E-state index < -0.39 is 72.6 Å². The Labute approximate surface area is 202 Å². The van der Waals surface area contributed by atoms with Crippen molar-refractivity contribution in [2.75, 3.05) is 13.1 Å². The molecule has 0 heterocycles. The first-order valence-corrected chi connectivity index (χ1v) is 11.2. The van der Waals surface area contributed by atoms with Gasteiger partial charge in [0.1, 0.15) is 18.1 Å². The van der Waals surface area contributed by atoms with Crippen molar-refractivity contribution >= 4 is 35.6 Å². The van der Waals surface area contributed by atoms with E-state index in [1.807, 2.05) is 5.32 Å². The van der Waals surface area contributed by atoms with Gasteiger partial charge in [0.05, 0.1) is 18.9 Å². The lowest BCUT2D eigenvalue weighted by molar-refractivity contribution is -0.147. The van der Waals surface area contributed by atoms with E-state index in [0.717, 1.165) is 0 Å². The van der Waals surface area contributed by atoms with E-state index in [0.29, 0.717) is 32.2 Å². The minimum Gasteiger partial charge on any atom is -0.481 e. The van der Waals surface area contributed by atoms with Crippen LogP contribution < -0.4 is 33.2 Å². The summed E-state index contributed by atoms with van der Waals surface area (Å²) in [6, 6.07) is -5.67. The van der Waals surface area contributed by atoms with Crippen molar-refractivity contribution in [3.63, 3.8) is 0 Å². The number of carbonyl (C=O) groups excluding carboxylic acids is 3. The number of hydrogen-bond acceptors (Lipinski definition) is 9. The van der Waals surface area contributed by atoms with E-state index >= 15 is 0 Å². The standard InChI is InChI=1S/C20H36N6O9/c21-7-3-1-5-11(23)17(31)25-13(9-15(27)28)19(33)24-12(6-2-4-8-22)18(32)26-14(20(34)35)10-16(29)30/h11-14H,1-10,21-23H2,(H,24,33)(H,25,31)(H,26,32)(H,27,28)(H,29,30)(H,34,35). The molecule has 12 N–H and O–H groups in total. The fraction of sp³-hybridized carbons (Fsp3) is 0.700. The summed E-state index contributed by atoms with van der Waals surface area (Å²) in [5.41, 5.74) is 16.6. The minimum atomic E-state index is -1.75. The van der Waals surface area contributed by atoms with Crippen molar-refractivity contribution in [1.82, 2.24) is 16.0 Å². The summed E-state index contributed by atoms with van der Waals surface area (Å²) in [5.74, 6) is -7.21. The van der Waals surface area contributed by atoms with Gasteiger partial charge < -0.3 is 48.5 Å². The highest BCUT2D eigenvalue weighted by molar-refractivity contribution is 5.96. The van der Waals surface area contributed by atoms with Crippen molar-refractivity contribution in [3.8, 4) is 0 Å². The molecule has 0 bridgehead atoms. The van der Waals surface area contributed by atoms with Gasteiger partial charge in [0.15, 0.2) is 0 Å². The lowest BCUT2D eigenvalue weighted by Crippen LogP contribution is -2.57. The second-order valence-corrected chi connectivity index (χ2v) is 7.89. The largest absolute Gasteiger partial charge is 0.481 e. The SMILES string of the molecule is NCCCCC(N)C(=O)NC(CC(=O)O)C(=O)NC(CCCCN)C(=O)NC(CC(=O)O)C(=O)O. The first-order valence-electron chi connectivity index (χ1n) is 11.2. The van der Waals surface area contributed by atoms with Crippen LogP contribution in [0.1, 0.15) is 51.4 Å². The Morgan fingerprint density at radius 1 is 0.600 bits per heavy atom. The summed E-state index contributed by atoms with van der Waals surface area (Å²) in [7, 11) is 0. The Morgan fingerprint density at radius 2 is 1.03 bits per heavy atom.